The summed E-state index contributed by atoms with van der Waals surface area (Å²) in [6.45, 7) is 20.7. The van der Waals surface area contributed by atoms with Crippen molar-refractivity contribution in [2.75, 3.05) is 0 Å². The van der Waals surface area contributed by atoms with Gasteiger partial charge >= 0.3 is 0 Å². The lowest BCUT2D eigenvalue weighted by molar-refractivity contribution is 0.00841. The van der Waals surface area contributed by atoms with E-state index in [9.17, 15) is 0 Å². The zero-order valence-electron chi connectivity index (χ0n) is 52.1. The van der Waals surface area contributed by atoms with Crippen molar-refractivity contribution in [1.82, 2.24) is 19.6 Å². The summed E-state index contributed by atoms with van der Waals surface area (Å²) in [7, 11) is 0. The maximum Gasteiger partial charge on any atom is 0.151 e. The fourth-order valence-electron chi connectivity index (χ4n) is 29.0. The second-order valence-electron chi connectivity index (χ2n) is 34.3. The molecule has 11 saturated carbocycles. The summed E-state index contributed by atoms with van der Waals surface area (Å²) >= 11 is 0. The van der Waals surface area contributed by atoms with Crippen LogP contribution in [0.3, 0.4) is 0 Å². The van der Waals surface area contributed by atoms with E-state index in [4.69, 9.17) is 0 Å². The summed E-state index contributed by atoms with van der Waals surface area (Å²) in [4.78, 5) is 13.7. The van der Waals surface area contributed by atoms with Crippen molar-refractivity contribution < 1.29 is 0 Å². The average Bonchev–Trinajstić information content (AvgIpc) is 4.05. The summed E-state index contributed by atoms with van der Waals surface area (Å²) in [5.41, 5.74) is 0. The summed E-state index contributed by atoms with van der Waals surface area (Å²) in [5, 5.41) is 0. The van der Waals surface area contributed by atoms with Gasteiger partial charge in [-0.3, -0.25) is 19.6 Å². The first-order chi connectivity index (χ1) is 38.1. The Morgan fingerprint density at radius 2 is 0.462 bits per heavy atom. The van der Waals surface area contributed by atoms with Gasteiger partial charge in [-0.2, -0.15) is 0 Å². The minimum Gasteiger partial charge on any atom is -0.294 e. The van der Waals surface area contributed by atoms with Crippen molar-refractivity contribution in [2.24, 2.45) is 88.8 Å². The van der Waals surface area contributed by atoms with Crippen LogP contribution >= 0.6 is 0 Å². The van der Waals surface area contributed by atoms with Gasteiger partial charge in [-0.1, -0.05) is 156 Å². The van der Waals surface area contributed by atoms with E-state index in [1.165, 1.54) is 180 Å². The lowest BCUT2D eigenvalue weighted by Gasteiger charge is -2.57. The predicted molar refractivity (Wildman–Crippen MR) is 328 cm³/mol. The van der Waals surface area contributed by atoms with Gasteiger partial charge in [0.2, 0.25) is 0 Å². The lowest BCUT2D eigenvalue weighted by Crippen LogP contribution is -2.57. The largest absolute Gasteiger partial charge is 0.294 e. The quantitative estimate of drug-likeness (QED) is 0.236. The molecule has 15 rings (SSSR count). The first kappa shape index (κ1) is 54.6. The number of hydrogen-bond donors (Lipinski definition) is 0. The summed E-state index contributed by atoms with van der Waals surface area (Å²) in [5.74, 6) is 16.8. The molecule has 4 saturated heterocycles. The fourth-order valence-corrected chi connectivity index (χ4v) is 29.0. The molecule has 4 heterocycles. The topological polar surface area (TPSA) is 13.0 Å². The molecule has 0 radical (unpaired) electrons. The Labute approximate surface area is 482 Å². The highest BCUT2D eigenvalue weighted by molar-refractivity contribution is 6.64. The Bertz CT molecular complexity index is 1870. The normalized spacial score (nSPS) is 54.5. The summed E-state index contributed by atoms with van der Waals surface area (Å²) in [6.07, 6.45) is 55.2. The van der Waals surface area contributed by atoms with E-state index in [1.54, 1.807) is 51.4 Å². The predicted octanol–water partition coefficient (Wildman–Crippen LogP) is 17.9. The van der Waals surface area contributed by atoms with Crippen molar-refractivity contribution in [3.63, 3.8) is 0 Å². The van der Waals surface area contributed by atoms with E-state index >= 15 is 0 Å². The summed E-state index contributed by atoms with van der Waals surface area (Å²) < 4.78 is 0. The Morgan fingerprint density at radius 1 is 0.218 bits per heavy atom. The van der Waals surface area contributed by atoms with Crippen LogP contribution in [0.2, 0.25) is 17.5 Å². The number of likely N-dealkylation sites (tertiary alicyclic amines) is 4. The van der Waals surface area contributed by atoms with Gasteiger partial charge in [0.15, 0.2) is 6.71 Å². The fraction of sp³-hybridized carbons (Fsp3) is 1.00. The third-order valence-corrected chi connectivity index (χ3v) is 30.7. The third kappa shape index (κ3) is 9.14. The zero-order valence-corrected chi connectivity index (χ0v) is 52.1. The highest BCUT2D eigenvalue weighted by Crippen LogP contribution is 2.65. The molecule has 4 nitrogen and oxygen atoms in total. The molecule has 0 N–H and O–H groups in total. The second-order valence-corrected chi connectivity index (χ2v) is 34.3. The number of fused-ring (bicyclic) bond motifs is 12. The molecule has 0 amide bonds. The van der Waals surface area contributed by atoms with Crippen molar-refractivity contribution in [3.05, 3.63) is 0 Å². The highest BCUT2D eigenvalue weighted by Gasteiger charge is 2.65. The smallest absolute Gasteiger partial charge is 0.151 e. The van der Waals surface area contributed by atoms with Gasteiger partial charge < -0.3 is 0 Å². The Morgan fingerprint density at radius 3 is 0.756 bits per heavy atom. The van der Waals surface area contributed by atoms with Crippen LogP contribution in [0.5, 0.6) is 0 Å². The van der Waals surface area contributed by atoms with Gasteiger partial charge in [0.1, 0.15) is 0 Å². The molecule has 15 fully saturated rings. The third-order valence-electron chi connectivity index (χ3n) is 30.7. The van der Waals surface area contributed by atoms with Crippen molar-refractivity contribution >= 4 is 6.71 Å². The summed E-state index contributed by atoms with van der Waals surface area (Å²) in [6, 6.07) is 10.9. The molecule has 4 aliphatic heterocycles. The van der Waals surface area contributed by atoms with Crippen LogP contribution in [-0.4, -0.2) is 98.8 Å². The Balaban J connectivity index is 0.697. The molecule has 22 unspecified atom stereocenters. The molecule has 11 aliphatic carbocycles. The number of nitrogens with zero attached hydrogens (tertiary/aromatic N) is 4. The molecule has 0 bridgehead atoms. The maximum atomic E-state index is 3.48. The highest BCUT2D eigenvalue weighted by atomic mass is 15.3. The molecule has 0 spiro atoms. The molecule has 15 aliphatic rings. The minimum atomic E-state index is 0.842. The molecule has 0 aromatic carbocycles. The molecule has 5 heteroatoms. The Hall–Kier alpha value is -0.0951. The van der Waals surface area contributed by atoms with E-state index in [1.807, 2.05) is 0 Å². The monoisotopic (exact) mass is 1070 g/mol. The molecule has 0 aromatic heterocycles. The van der Waals surface area contributed by atoms with Gasteiger partial charge in [-0.15, -0.1) is 0 Å². The Kier molecular flexibility index (Phi) is 15.6. The van der Waals surface area contributed by atoms with Gasteiger partial charge in [0.25, 0.3) is 0 Å². The van der Waals surface area contributed by atoms with Gasteiger partial charge in [-0.25, -0.2) is 0 Å². The van der Waals surface area contributed by atoms with Crippen LogP contribution in [0.4, 0.5) is 0 Å². The van der Waals surface area contributed by atoms with Gasteiger partial charge in [0, 0.05) is 72.5 Å². The molecular weight excluding hydrogens is 944 g/mol. The number of hydrogen-bond acceptors (Lipinski definition) is 4. The molecule has 438 valence electrons. The molecular formula is C73H123BN4. The van der Waals surface area contributed by atoms with Crippen molar-refractivity contribution in [1.29, 1.82) is 0 Å². The standard InChI is InChI=1S/C73H123BN4/c1-44-34-45(2)71(46(3)35-44)74(72-47(4)36-53(37-48(72)5)77-65-32-20-16-28-57(65)61-40-67-59(42-69(61)77)55-26-14-18-30-63(55)75(67)51-22-10-8-11-23-51)73-49(6)38-54(39-50(73)7)78-66-33-21-17-29-58(66)62-41-68-60(43-70(62)78)56-27-15-19-31-64(56)76(68)52-24-12-9-13-25-52/h44-73H,8-43H2,1-7H3. The second kappa shape index (κ2) is 22.3. The van der Waals surface area contributed by atoms with E-state index in [0.29, 0.717) is 0 Å². The SMILES string of the molecule is CC1CC(C)C(B(C2C(C)CC(N3C4CCCCC4C4CC5C(CC43)C3CCCCC3N5C3CCCCC3)CC2C)C2C(C)CC(N3C4CCCCC4C4CC5C(CC43)C3CCCCC3N5C3CCCCC3)CC2C)C(C)C1. The first-order valence-corrected chi connectivity index (χ1v) is 37.2. The van der Waals surface area contributed by atoms with Crippen LogP contribution in [0, 0.1) is 88.8 Å². The van der Waals surface area contributed by atoms with Gasteiger partial charge in [0.05, 0.1) is 0 Å². The zero-order chi connectivity index (χ0) is 52.7. The van der Waals surface area contributed by atoms with Crippen LogP contribution in [0.15, 0.2) is 0 Å². The molecule has 78 heavy (non-hydrogen) atoms. The maximum absolute atomic E-state index is 3.48. The van der Waals surface area contributed by atoms with Gasteiger partial charge in [-0.05, 0) is 230 Å². The van der Waals surface area contributed by atoms with Crippen LogP contribution < -0.4 is 0 Å². The van der Waals surface area contributed by atoms with E-state index < -0.39 is 0 Å². The molecule has 0 aromatic rings. The minimum absolute atomic E-state index is 0.842. The van der Waals surface area contributed by atoms with E-state index in [-0.39, 0.29) is 0 Å². The van der Waals surface area contributed by atoms with E-state index in [0.717, 1.165) is 185 Å². The lowest BCUT2D eigenvalue weighted by atomic mass is 9.18. The van der Waals surface area contributed by atoms with Crippen LogP contribution in [0.25, 0.3) is 0 Å². The van der Waals surface area contributed by atoms with Crippen LogP contribution in [-0.2, 0) is 0 Å². The van der Waals surface area contributed by atoms with Crippen LogP contribution in [0.1, 0.15) is 280 Å². The average molecular weight is 1070 g/mol. The first-order valence-electron chi connectivity index (χ1n) is 37.2. The van der Waals surface area contributed by atoms with Crippen molar-refractivity contribution in [2.45, 2.75) is 370 Å². The number of rotatable bonds is 7. The van der Waals surface area contributed by atoms with Crippen molar-refractivity contribution in [3.8, 4) is 0 Å². The van der Waals surface area contributed by atoms with E-state index in [2.05, 4.69) is 68.1 Å². The molecule has 22 atom stereocenters.